The summed E-state index contributed by atoms with van der Waals surface area (Å²) in [5.41, 5.74) is 0. The van der Waals surface area contributed by atoms with Crippen LogP contribution >= 0.6 is 0 Å². The number of ether oxygens (including phenoxy) is 2. The zero-order valence-electron chi connectivity index (χ0n) is 16.9. The van der Waals surface area contributed by atoms with Crippen LogP contribution in [0.2, 0.25) is 0 Å². The van der Waals surface area contributed by atoms with Crippen molar-refractivity contribution in [1.82, 2.24) is 15.4 Å². The molecule has 1 atom stereocenters. The van der Waals surface area contributed by atoms with Gasteiger partial charge in [-0.25, -0.2) is 13.1 Å². The number of rotatable bonds is 11. The van der Waals surface area contributed by atoms with Crippen molar-refractivity contribution in [3.63, 3.8) is 0 Å². The Morgan fingerprint density at radius 3 is 2.68 bits per heavy atom. The van der Waals surface area contributed by atoms with E-state index >= 15 is 0 Å². The van der Waals surface area contributed by atoms with Gasteiger partial charge in [-0.2, -0.15) is 0 Å². The monoisotopic (exact) mass is 412 g/mol. The summed E-state index contributed by atoms with van der Waals surface area (Å²) in [6.45, 7) is 3.29. The smallest absolute Gasteiger partial charge is 0.213 e. The van der Waals surface area contributed by atoms with E-state index < -0.39 is 10.0 Å². The van der Waals surface area contributed by atoms with E-state index in [4.69, 9.17) is 9.47 Å². The molecule has 0 aromatic heterocycles. The molecule has 0 heterocycles. The van der Waals surface area contributed by atoms with Crippen LogP contribution in [0.4, 0.5) is 0 Å². The predicted octanol–water partition coefficient (Wildman–Crippen LogP) is 1.35. The summed E-state index contributed by atoms with van der Waals surface area (Å²) in [5.74, 6) is 2.51. The fourth-order valence-corrected chi connectivity index (χ4v) is 3.73. The number of benzene rings is 1. The van der Waals surface area contributed by atoms with E-state index in [0.29, 0.717) is 25.0 Å². The van der Waals surface area contributed by atoms with E-state index in [0.717, 1.165) is 24.3 Å². The number of nitrogens with zero attached hydrogens (tertiary/aromatic N) is 1. The Balaban J connectivity index is 1.67. The Hall–Kier alpha value is -2.00. The zero-order chi connectivity index (χ0) is 20.4. The highest BCUT2D eigenvalue weighted by atomic mass is 32.2. The summed E-state index contributed by atoms with van der Waals surface area (Å²) < 4.78 is 37.8. The molecule has 0 bridgehead atoms. The molecule has 1 aliphatic carbocycles. The molecule has 0 aliphatic heterocycles. The van der Waals surface area contributed by atoms with E-state index in [1.165, 1.54) is 6.42 Å². The molecular weight excluding hydrogens is 380 g/mol. The molecule has 0 spiro atoms. The second-order valence-corrected chi connectivity index (χ2v) is 8.88. The van der Waals surface area contributed by atoms with Gasteiger partial charge in [0.2, 0.25) is 10.0 Å². The van der Waals surface area contributed by atoms with Crippen molar-refractivity contribution >= 4 is 16.0 Å². The largest absolute Gasteiger partial charge is 0.497 e. The minimum Gasteiger partial charge on any atom is -0.497 e. The molecule has 158 valence electrons. The lowest BCUT2D eigenvalue weighted by Crippen LogP contribution is -2.44. The van der Waals surface area contributed by atoms with Crippen LogP contribution in [0.5, 0.6) is 11.5 Å². The quantitative estimate of drug-likeness (QED) is 0.375. The van der Waals surface area contributed by atoms with Crippen LogP contribution in [0.15, 0.2) is 29.3 Å². The zero-order valence-corrected chi connectivity index (χ0v) is 17.7. The molecule has 0 radical (unpaired) electrons. The number of aliphatic imine (C=N–C) groups is 1. The number of nitrogens with one attached hydrogen (secondary N) is 3. The van der Waals surface area contributed by atoms with Gasteiger partial charge in [0, 0.05) is 26.2 Å². The summed E-state index contributed by atoms with van der Waals surface area (Å²) >= 11 is 0. The minimum absolute atomic E-state index is 0.0102. The normalized spacial score (nSPS) is 16.2. The van der Waals surface area contributed by atoms with Gasteiger partial charge in [-0.15, -0.1) is 0 Å². The van der Waals surface area contributed by atoms with E-state index in [1.54, 1.807) is 14.2 Å². The Kier molecular flexibility index (Phi) is 8.85. The first-order chi connectivity index (χ1) is 13.4. The van der Waals surface area contributed by atoms with Gasteiger partial charge in [-0.3, -0.25) is 4.99 Å². The number of methoxy groups -OCH3 is 1. The number of sulfonamides is 1. The van der Waals surface area contributed by atoms with Crippen molar-refractivity contribution in [2.24, 2.45) is 10.9 Å². The Morgan fingerprint density at radius 1 is 1.29 bits per heavy atom. The topological polar surface area (TPSA) is 101 Å². The van der Waals surface area contributed by atoms with Crippen LogP contribution in [0, 0.1) is 5.92 Å². The van der Waals surface area contributed by atoms with Gasteiger partial charge in [0.05, 0.1) is 19.4 Å². The molecule has 0 amide bonds. The summed E-state index contributed by atoms with van der Waals surface area (Å²) in [6, 6.07) is 7.42. The van der Waals surface area contributed by atoms with E-state index in [-0.39, 0.29) is 18.4 Å². The summed E-state index contributed by atoms with van der Waals surface area (Å²) in [5, 5.41) is 6.16. The third-order valence-corrected chi connectivity index (χ3v) is 5.99. The van der Waals surface area contributed by atoms with Crippen LogP contribution in [0.25, 0.3) is 0 Å². The molecular formula is C19H32N4O4S. The minimum atomic E-state index is -3.27. The third-order valence-electron chi connectivity index (χ3n) is 4.64. The van der Waals surface area contributed by atoms with Crippen molar-refractivity contribution in [3.05, 3.63) is 24.3 Å². The summed E-state index contributed by atoms with van der Waals surface area (Å²) in [6.07, 6.45) is 3.33. The van der Waals surface area contributed by atoms with Crippen molar-refractivity contribution in [2.45, 2.75) is 32.3 Å². The van der Waals surface area contributed by atoms with Crippen molar-refractivity contribution in [3.8, 4) is 11.5 Å². The molecule has 0 saturated heterocycles. The Labute approximate surface area is 168 Å². The first-order valence-corrected chi connectivity index (χ1v) is 11.3. The van der Waals surface area contributed by atoms with Crippen molar-refractivity contribution in [1.29, 1.82) is 0 Å². The van der Waals surface area contributed by atoms with Crippen LogP contribution in [-0.2, 0) is 10.0 Å². The number of hydrogen-bond acceptors (Lipinski definition) is 5. The SMILES string of the molecule is CN=C(NCCS(=O)(=O)NCC1CCC1)NCC(C)Oc1cccc(OC)c1. The molecule has 1 aliphatic rings. The molecule has 3 N–H and O–H groups in total. The average Bonchev–Trinajstić information content (AvgIpc) is 2.63. The second-order valence-electron chi connectivity index (χ2n) is 6.95. The first kappa shape index (κ1) is 22.3. The lowest BCUT2D eigenvalue weighted by Gasteiger charge is -2.25. The molecule has 1 aromatic carbocycles. The lowest BCUT2D eigenvalue weighted by atomic mass is 9.86. The van der Waals surface area contributed by atoms with Gasteiger partial charge in [-0.05, 0) is 37.8 Å². The standard InChI is InChI=1S/C19H32N4O4S/c1-15(27-18-9-5-8-17(12-18)26-3)13-22-19(20-2)21-10-11-28(24,25)23-14-16-6-4-7-16/h5,8-9,12,15-16,23H,4,6-7,10-11,13-14H2,1-3H3,(H2,20,21,22). The fraction of sp³-hybridized carbons (Fsp3) is 0.632. The average molecular weight is 413 g/mol. The Morgan fingerprint density at radius 2 is 2.04 bits per heavy atom. The maximum atomic E-state index is 12.0. The highest BCUT2D eigenvalue weighted by Crippen LogP contribution is 2.25. The molecule has 1 fully saturated rings. The van der Waals surface area contributed by atoms with Gasteiger partial charge < -0.3 is 20.1 Å². The second kappa shape index (κ2) is 11.1. The van der Waals surface area contributed by atoms with Gasteiger partial charge in [-0.1, -0.05) is 12.5 Å². The molecule has 9 heteroatoms. The molecule has 28 heavy (non-hydrogen) atoms. The van der Waals surface area contributed by atoms with E-state index in [2.05, 4.69) is 20.3 Å². The van der Waals surface area contributed by atoms with Crippen LogP contribution in [0.3, 0.4) is 0 Å². The molecule has 2 rings (SSSR count). The molecule has 8 nitrogen and oxygen atoms in total. The Bertz CT molecular complexity index is 735. The van der Waals surface area contributed by atoms with Crippen molar-refractivity contribution < 1.29 is 17.9 Å². The van der Waals surface area contributed by atoms with E-state index in [9.17, 15) is 8.42 Å². The third kappa shape index (κ3) is 7.93. The molecule has 1 saturated carbocycles. The van der Waals surface area contributed by atoms with E-state index in [1.807, 2.05) is 31.2 Å². The highest BCUT2D eigenvalue weighted by Gasteiger charge is 2.20. The fourth-order valence-electron chi connectivity index (χ4n) is 2.73. The van der Waals surface area contributed by atoms with Gasteiger partial charge in [0.1, 0.15) is 17.6 Å². The predicted molar refractivity (Wildman–Crippen MR) is 112 cm³/mol. The van der Waals surface area contributed by atoms with Crippen molar-refractivity contribution in [2.75, 3.05) is 39.5 Å². The van der Waals surface area contributed by atoms with Gasteiger partial charge in [0.15, 0.2) is 5.96 Å². The molecule has 1 aromatic rings. The summed E-state index contributed by atoms with van der Waals surface area (Å²) in [7, 11) is -0.00816. The maximum Gasteiger partial charge on any atom is 0.213 e. The summed E-state index contributed by atoms with van der Waals surface area (Å²) in [4.78, 5) is 4.11. The molecule has 1 unspecified atom stereocenters. The van der Waals surface area contributed by atoms with Crippen LogP contribution < -0.4 is 24.8 Å². The van der Waals surface area contributed by atoms with Crippen LogP contribution in [0.1, 0.15) is 26.2 Å². The van der Waals surface area contributed by atoms with Gasteiger partial charge >= 0.3 is 0 Å². The van der Waals surface area contributed by atoms with Crippen LogP contribution in [-0.4, -0.2) is 60.0 Å². The number of hydrogen-bond donors (Lipinski definition) is 3. The first-order valence-electron chi connectivity index (χ1n) is 9.64. The number of guanidine groups is 1. The van der Waals surface area contributed by atoms with Gasteiger partial charge in [0.25, 0.3) is 0 Å². The lowest BCUT2D eigenvalue weighted by molar-refractivity contribution is 0.223. The maximum absolute atomic E-state index is 12.0. The highest BCUT2D eigenvalue weighted by molar-refractivity contribution is 7.89.